The monoisotopic (exact) mass is 697 g/mol. The predicted octanol–water partition coefficient (Wildman–Crippen LogP) is 4.66. The van der Waals surface area contributed by atoms with Gasteiger partial charge >= 0.3 is 23.9 Å². The van der Waals surface area contributed by atoms with Gasteiger partial charge in [0.25, 0.3) is 0 Å². The number of carboxylic acid groups (broad SMARTS) is 1. The summed E-state index contributed by atoms with van der Waals surface area (Å²) in [6, 6.07) is 36.3. The molecule has 0 aliphatic carbocycles. The minimum Gasteiger partial charge on any atom is -0.871 e. The maximum Gasteiger partial charge on any atom is 2.00 e. The Morgan fingerprint density at radius 2 is 1.40 bits per heavy atom. The molecule has 0 aliphatic rings. The molecule has 0 spiro atoms. The van der Waals surface area contributed by atoms with Crippen molar-refractivity contribution >= 4 is 68.0 Å². The van der Waals surface area contributed by atoms with E-state index in [4.69, 9.17) is 0 Å². The van der Waals surface area contributed by atoms with E-state index >= 15 is 0 Å². The van der Waals surface area contributed by atoms with Gasteiger partial charge in [0, 0.05) is 21.6 Å². The summed E-state index contributed by atoms with van der Waals surface area (Å²) in [6.45, 7) is 0. The fraction of sp³-hybridized carbons (Fsp3) is 0.0714. The number of halogens is 2. The smallest absolute Gasteiger partial charge is 0.871 e. The van der Waals surface area contributed by atoms with E-state index in [-0.39, 0.29) is 36.1 Å². The summed E-state index contributed by atoms with van der Waals surface area (Å²) < 4.78 is 1.09. The van der Waals surface area contributed by atoms with Gasteiger partial charge in [0.2, 0.25) is 0 Å². The molecule has 35 heavy (non-hydrogen) atoms. The second-order valence-corrected chi connectivity index (χ2v) is 8.53. The van der Waals surface area contributed by atoms with E-state index in [9.17, 15) is 15.0 Å². The van der Waals surface area contributed by atoms with Gasteiger partial charge in [-0.3, -0.25) is 4.99 Å². The fourth-order valence-electron chi connectivity index (χ4n) is 2.56. The summed E-state index contributed by atoms with van der Waals surface area (Å²) in [4.78, 5) is 15.2. The maximum atomic E-state index is 11.9. The van der Waals surface area contributed by atoms with E-state index in [0.29, 0.717) is 14.5 Å². The van der Waals surface area contributed by atoms with Crippen LogP contribution in [0, 0.1) is 12.1 Å². The molecule has 0 saturated heterocycles. The van der Waals surface area contributed by atoms with Crippen LogP contribution in [0.2, 0.25) is 0 Å². The molecular formula is C28H21Br2NO3Sn. The zero-order valence-corrected chi connectivity index (χ0v) is 24.6. The molecule has 0 amide bonds. The number of benzene rings is 4. The van der Waals surface area contributed by atoms with Crippen LogP contribution in [0.4, 0.5) is 0 Å². The van der Waals surface area contributed by atoms with Crippen molar-refractivity contribution in [1.82, 2.24) is 0 Å². The zero-order chi connectivity index (χ0) is 24.6. The topological polar surface area (TPSA) is 75.5 Å². The Hall–Kier alpha value is -2.42. The molecule has 4 nitrogen and oxygen atoms in total. The quantitative estimate of drug-likeness (QED) is 0.225. The first-order valence-electron chi connectivity index (χ1n) is 10.2. The van der Waals surface area contributed by atoms with E-state index < -0.39 is 12.0 Å². The van der Waals surface area contributed by atoms with Crippen molar-refractivity contribution in [3.05, 3.63) is 135 Å². The van der Waals surface area contributed by atoms with Crippen LogP contribution in [0.25, 0.3) is 0 Å². The van der Waals surface area contributed by atoms with Crippen molar-refractivity contribution in [3.8, 4) is 5.75 Å². The molecule has 0 bridgehead atoms. The molecule has 1 atom stereocenters. The van der Waals surface area contributed by atoms with Crippen LogP contribution in [0.5, 0.6) is 5.75 Å². The van der Waals surface area contributed by atoms with Crippen molar-refractivity contribution < 1.29 is 15.0 Å². The van der Waals surface area contributed by atoms with Gasteiger partial charge in [0.15, 0.2) is 0 Å². The molecule has 7 heteroatoms. The minimum atomic E-state index is -1.28. The molecule has 0 saturated carbocycles. The molecule has 0 N–H and O–H groups in total. The average molecular weight is 698 g/mol. The Balaban J connectivity index is 0.000000382. The standard InChI is InChI=1S/C16H13Br2NO3.2C6H5.Sn/c17-12-7-11(15(20)13(18)8-12)9-19-14(16(21)22)6-10-4-2-1-3-5-10;2*1-2-4-6-5-3-1;/h1-5,7-9,14,20H,6H2,(H,21,22);2*1-5H;/q;;;+2/p-2. The number of carbonyl (C=O) groups is 1. The van der Waals surface area contributed by atoms with Crippen molar-refractivity contribution in [2.24, 2.45) is 4.99 Å². The van der Waals surface area contributed by atoms with Crippen LogP contribution < -0.4 is 10.2 Å². The molecule has 0 aliphatic heterocycles. The van der Waals surface area contributed by atoms with Crippen LogP contribution in [0.1, 0.15) is 11.1 Å². The summed E-state index contributed by atoms with van der Waals surface area (Å²) in [7, 11) is 0. The predicted molar refractivity (Wildman–Crippen MR) is 144 cm³/mol. The van der Waals surface area contributed by atoms with Gasteiger partial charge < -0.3 is 15.0 Å². The summed E-state index contributed by atoms with van der Waals surface area (Å²) in [6.07, 6.45) is 1.49. The minimum absolute atomic E-state index is 0. The molecule has 1 unspecified atom stereocenters. The van der Waals surface area contributed by atoms with Gasteiger partial charge in [-0.25, -0.2) is 0 Å². The first-order chi connectivity index (χ1) is 16.5. The van der Waals surface area contributed by atoms with E-state index in [1.165, 1.54) is 6.21 Å². The summed E-state index contributed by atoms with van der Waals surface area (Å²) in [5.41, 5.74) is 1.15. The Morgan fingerprint density at radius 3 is 1.83 bits per heavy atom. The molecule has 4 radical (unpaired) electrons. The third-order valence-corrected chi connectivity index (χ3v) is 5.24. The number of hydrogen-bond acceptors (Lipinski definition) is 4. The molecule has 4 aromatic carbocycles. The van der Waals surface area contributed by atoms with Crippen LogP contribution in [-0.4, -0.2) is 42.1 Å². The Labute approximate surface area is 240 Å². The first kappa shape index (κ1) is 30.6. The summed E-state index contributed by atoms with van der Waals surface area (Å²) in [5, 5.41) is 23.2. The number of rotatable bonds is 5. The summed E-state index contributed by atoms with van der Waals surface area (Å²) >= 11 is 6.43. The Morgan fingerprint density at radius 1 is 0.886 bits per heavy atom. The van der Waals surface area contributed by atoms with Crippen LogP contribution in [0.15, 0.2) is 117 Å². The molecular weight excluding hydrogens is 677 g/mol. The number of hydrogen-bond donors (Lipinski definition) is 0. The Kier molecular flexibility index (Phi) is 15.7. The van der Waals surface area contributed by atoms with Crippen LogP contribution >= 0.6 is 31.9 Å². The molecule has 174 valence electrons. The van der Waals surface area contributed by atoms with E-state index in [1.807, 2.05) is 91.0 Å². The van der Waals surface area contributed by atoms with Gasteiger partial charge in [-0.1, -0.05) is 129 Å². The molecule has 4 aromatic rings. The van der Waals surface area contributed by atoms with Crippen molar-refractivity contribution in [1.29, 1.82) is 0 Å². The maximum absolute atomic E-state index is 11.9. The zero-order valence-electron chi connectivity index (χ0n) is 18.6. The SMILES string of the molecule is O=C([O-])C(Cc1ccccc1)N=Cc1cc(Br)cc(Br)c1[O-].[Sn+2].[c]1ccccc1.[c]1ccccc1. The molecule has 0 aromatic heterocycles. The Bertz CT molecular complexity index is 1060. The van der Waals surface area contributed by atoms with Gasteiger partial charge in [0.05, 0.1) is 12.0 Å². The van der Waals surface area contributed by atoms with Gasteiger partial charge in [0.1, 0.15) is 0 Å². The average Bonchev–Trinajstić information content (AvgIpc) is 2.88. The molecule has 0 heterocycles. The van der Waals surface area contributed by atoms with E-state index in [2.05, 4.69) is 49.0 Å². The summed E-state index contributed by atoms with van der Waals surface area (Å²) in [5.74, 6) is -1.52. The largest absolute Gasteiger partial charge is 2.00 e. The third kappa shape index (κ3) is 12.7. The molecule has 0 fully saturated rings. The van der Waals surface area contributed by atoms with Gasteiger partial charge in [-0.05, 0) is 35.4 Å². The van der Waals surface area contributed by atoms with Gasteiger partial charge in [-0.15, -0.1) is 0 Å². The second kappa shape index (κ2) is 17.9. The second-order valence-electron chi connectivity index (χ2n) is 6.76. The number of carboxylic acids is 1. The van der Waals surface area contributed by atoms with Crippen molar-refractivity contribution in [2.45, 2.75) is 12.5 Å². The number of aliphatic carboxylic acids is 1. The van der Waals surface area contributed by atoms with Crippen LogP contribution in [0.3, 0.4) is 0 Å². The van der Waals surface area contributed by atoms with E-state index in [0.717, 1.165) is 5.56 Å². The van der Waals surface area contributed by atoms with Crippen molar-refractivity contribution in [3.63, 3.8) is 0 Å². The normalized spacial score (nSPS) is 10.6. The number of nitrogens with zero attached hydrogens (tertiary/aromatic N) is 1. The first-order valence-corrected chi connectivity index (χ1v) is 11.8. The number of aliphatic imine (C=N–C) groups is 1. The van der Waals surface area contributed by atoms with Crippen LogP contribution in [-0.2, 0) is 11.2 Å². The van der Waals surface area contributed by atoms with E-state index in [1.54, 1.807) is 12.1 Å². The van der Waals surface area contributed by atoms with Gasteiger partial charge in [-0.2, -0.15) is 0 Å². The molecule has 4 rings (SSSR count). The third-order valence-electron chi connectivity index (χ3n) is 4.19. The fourth-order valence-corrected chi connectivity index (χ4v) is 3.82. The number of carbonyl (C=O) groups excluding carboxylic acids is 1. The van der Waals surface area contributed by atoms with Crippen molar-refractivity contribution in [2.75, 3.05) is 0 Å².